The average Bonchev–Trinajstić information content (AvgIpc) is 2.43. The van der Waals surface area contributed by atoms with Crippen molar-refractivity contribution in [1.29, 1.82) is 0 Å². The summed E-state index contributed by atoms with van der Waals surface area (Å²) in [6.07, 6.45) is 2.74. The molecule has 0 heterocycles. The SMILES string of the molecule is CCCCCOC(=O)C[S@](=O)c1ccccc1[N+](=O)[O-]. The van der Waals surface area contributed by atoms with E-state index in [9.17, 15) is 19.1 Å². The molecule has 1 aromatic rings. The number of hydrogen-bond acceptors (Lipinski definition) is 5. The fourth-order valence-corrected chi connectivity index (χ4v) is 2.62. The Labute approximate surface area is 119 Å². The minimum atomic E-state index is -1.77. The van der Waals surface area contributed by atoms with E-state index in [0.29, 0.717) is 6.61 Å². The zero-order valence-electron chi connectivity index (χ0n) is 11.2. The van der Waals surface area contributed by atoms with Crippen LogP contribution in [0.5, 0.6) is 0 Å². The van der Waals surface area contributed by atoms with E-state index < -0.39 is 21.7 Å². The monoisotopic (exact) mass is 299 g/mol. The number of para-hydroxylation sites is 1. The van der Waals surface area contributed by atoms with Gasteiger partial charge in [-0.1, -0.05) is 31.9 Å². The van der Waals surface area contributed by atoms with Crippen LogP contribution in [-0.2, 0) is 20.3 Å². The first-order valence-corrected chi connectivity index (χ1v) is 7.65. The molecule has 0 unspecified atom stereocenters. The molecule has 0 radical (unpaired) electrons. The Bertz CT molecular complexity index is 503. The Morgan fingerprint density at radius 1 is 1.35 bits per heavy atom. The van der Waals surface area contributed by atoms with Crippen molar-refractivity contribution in [3.8, 4) is 0 Å². The average molecular weight is 299 g/mol. The van der Waals surface area contributed by atoms with Crippen LogP contribution in [0.2, 0.25) is 0 Å². The molecule has 0 amide bonds. The molecule has 1 aromatic carbocycles. The number of ether oxygens (including phenoxy) is 1. The maximum atomic E-state index is 12.0. The van der Waals surface area contributed by atoms with Gasteiger partial charge in [0.1, 0.15) is 10.6 Å². The van der Waals surface area contributed by atoms with E-state index in [2.05, 4.69) is 0 Å². The molecule has 0 fully saturated rings. The zero-order valence-corrected chi connectivity index (χ0v) is 12.1. The summed E-state index contributed by atoms with van der Waals surface area (Å²) in [5, 5.41) is 10.8. The maximum Gasteiger partial charge on any atom is 0.318 e. The lowest BCUT2D eigenvalue weighted by molar-refractivity contribution is -0.387. The number of rotatable bonds is 8. The fourth-order valence-electron chi connectivity index (χ4n) is 1.57. The first-order valence-electron chi connectivity index (χ1n) is 6.33. The van der Waals surface area contributed by atoms with E-state index in [-0.39, 0.29) is 16.3 Å². The molecular weight excluding hydrogens is 282 g/mol. The van der Waals surface area contributed by atoms with Crippen LogP contribution in [0, 0.1) is 10.1 Å². The summed E-state index contributed by atoms with van der Waals surface area (Å²) in [4.78, 5) is 21.7. The summed E-state index contributed by atoms with van der Waals surface area (Å²) < 4.78 is 16.9. The Morgan fingerprint density at radius 3 is 2.70 bits per heavy atom. The van der Waals surface area contributed by atoms with E-state index in [4.69, 9.17) is 4.74 Å². The van der Waals surface area contributed by atoms with E-state index in [1.807, 2.05) is 6.92 Å². The maximum absolute atomic E-state index is 12.0. The molecule has 0 spiro atoms. The Kier molecular flexibility index (Phi) is 6.86. The molecule has 0 aromatic heterocycles. The Hall–Kier alpha value is -1.76. The molecular formula is C13H17NO5S. The minimum Gasteiger partial charge on any atom is -0.465 e. The number of nitro benzene ring substituents is 1. The normalized spacial score (nSPS) is 11.8. The van der Waals surface area contributed by atoms with Crippen LogP contribution >= 0.6 is 0 Å². The van der Waals surface area contributed by atoms with Gasteiger partial charge in [0, 0.05) is 6.07 Å². The number of nitro groups is 1. The molecule has 0 N–H and O–H groups in total. The van der Waals surface area contributed by atoms with Gasteiger partial charge in [0.2, 0.25) is 0 Å². The summed E-state index contributed by atoms with van der Waals surface area (Å²) in [5.74, 6) is -0.964. The summed E-state index contributed by atoms with van der Waals surface area (Å²) in [6, 6.07) is 5.69. The smallest absolute Gasteiger partial charge is 0.318 e. The molecule has 0 aliphatic carbocycles. The van der Waals surface area contributed by atoms with Gasteiger partial charge in [-0.15, -0.1) is 0 Å². The number of nitrogens with zero attached hydrogens (tertiary/aromatic N) is 1. The van der Waals surface area contributed by atoms with Gasteiger partial charge in [0.15, 0.2) is 0 Å². The molecule has 0 saturated carbocycles. The molecule has 7 heteroatoms. The molecule has 0 bridgehead atoms. The molecule has 6 nitrogen and oxygen atoms in total. The minimum absolute atomic E-state index is 0.0445. The summed E-state index contributed by atoms with van der Waals surface area (Å²) in [7, 11) is -1.77. The topological polar surface area (TPSA) is 86.5 Å². The lowest BCUT2D eigenvalue weighted by Crippen LogP contribution is -2.15. The third-order valence-electron chi connectivity index (χ3n) is 2.57. The number of unbranched alkanes of at least 4 members (excludes halogenated alkanes) is 2. The van der Waals surface area contributed by atoms with Crippen LogP contribution in [0.4, 0.5) is 5.69 Å². The van der Waals surface area contributed by atoms with Gasteiger partial charge in [-0.2, -0.15) is 0 Å². The second-order valence-corrected chi connectivity index (χ2v) is 5.56. The Morgan fingerprint density at radius 2 is 2.05 bits per heavy atom. The van der Waals surface area contributed by atoms with Crippen LogP contribution in [0.3, 0.4) is 0 Å². The van der Waals surface area contributed by atoms with E-state index in [0.717, 1.165) is 19.3 Å². The van der Waals surface area contributed by atoms with Crippen molar-refractivity contribution < 1.29 is 18.7 Å². The Balaban J connectivity index is 2.58. The van der Waals surface area contributed by atoms with Gasteiger partial charge in [0.25, 0.3) is 5.69 Å². The second kappa shape index (κ2) is 8.42. The first kappa shape index (κ1) is 16.3. The van der Waals surface area contributed by atoms with Gasteiger partial charge >= 0.3 is 5.97 Å². The van der Waals surface area contributed by atoms with Crippen LogP contribution in [0.25, 0.3) is 0 Å². The standard InChI is InChI=1S/C13H17NO5S/c1-2-3-6-9-19-13(15)10-20(18)12-8-5-4-7-11(12)14(16)17/h4-5,7-8H,2-3,6,9-10H2,1H3/t20-/m0/s1. The first-order chi connectivity index (χ1) is 9.56. The molecule has 0 aliphatic rings. The van der Waals surface area contributed by atoms with E-state index in [1.165, 1.54) is 18.2 Å². The molecule has 1 rings (SSSR count). The molecule has 20 heavy (non-hydrogen) atoms. The van der Waals surface area contributed by atoms with Gasteiger partial charge < -0.3 is 4.74 Å². The van der Waals surface area contributed by atoms with E-state index in [1.54, 1.807) is 6.07 Å². The number of esters is 1. The van der Waals surface area contributed by atoms with Gasteiger partial charge in [-0.05, 0) is 12.5 Å². The lowest BCUT2D eigenvalue weighted by Gasteiger charge is -2.05. The third kappa shape index (κ3) is 5.08. The summed E-state index contributed by atoms with van der Waals surface area (Å²) in [6.45, 7) is 2.33. The van der Waals surface area contributed by atoms with Crippen molar-refractivity contribution in [3.05, 3.63) is 34.4 Å². The zero-order chi connectivity index (χ0) is 15.0. The second-order valence-electron chi connectivity index (χ2n) is 4.14. The fraction of sp³-hybridized carbons (Fsp3) is 0.462. The molecule has 0 aliphatic heterocycles. The van der Waals surface area contributed by atoms with Crippen molar-refractivity contribution >= 4 is 22.5 Å². The highest BCUT2D eigenvalue weighted by atomic mass is 32.2. The number of carbonyl (C=O) groups excluding carboxylic acids is 1. The largest absolute Gasteiger partial charge is 0.465 e. The highest BCUT2D eigenvalue weighted by Gasteiger charge is 2.20. The van der Waals surface area contributed by atoms with Gasteiger partial charge in [-0.3, -0.25) is 19.1 Å². The number of benzene rings is 1. The highest BCUT2D eigenvalue weighted by molar-refractivity contribution is 7.85. The quantitative estimate of drug-likeness (QED) is 0.318. The van der Waals surface area contributed by atoms with Crippen LogP contribution in [0.15, 0.2) is 29.2 Å². The molecule has 1 atom stereocenters. The van der Waals surface area contributed by atoms with Gasteiger partial charge in [0.05, 0.1) is 22.3 Å². The summed E-state index contributed by atoms with van der Waals surface area (Å²) in [5.41, 5.74) is -0.246. The number of carbonyl (C=O) groups is 1. The van der Waals surface area contributed by atoms with Crippen molar-refractivity contribution in [2.45, 2.75) is 31.1 Å². The number of hydrogen-bond donors (Lipinski definition) is 0. The summed E-state index contributed by atoms with van der Waals surface area (Å²) >= 11 is 0. The van der Waals surface area contributed by atoms with Crippen LogP contribution < -0.4 is 0 Å². The lowest BCUT2D eigenvalue weighted by atomic mass is 10.3. The van der Waals surface area contributed by atoms with Crippen molar-refractivity contribution in [2.24, 2.45) is 0 Å². The predicted molar refractivity (Wildman–Crippen MR) is 74.9 cm³/mol. The predicted octanol–water partition coefficient (Wildman–Crippen LogP) is 2.44. The highest BCUT2D eigenvalue weighted by Crippen LogP contribution is 2.21. The van der Waals surface area contributed by atoms with Crippen LogP contribution in [-0.4, -0.2) is 27.5 Å². The molecule has 110 valence electrons. The van der Waals surface area contributed by atoms with E-state index >= 15 is 0 Å². The van der Waals surface area contributed by atoms with Crippen molar-refractivity contribution in [1.82, 2.24) is 0 Å². The van der Waals surface area contributed by atoms with Crippen LogP contribution in [0.1, 0.15) is 26.2 Å². The molecule has 0 saturated heterocycles. The van der Waals surface area contributed by atoms with Crippen molar-refractivity contribution in [3.63, 3.8) is 0 Å². The third-order valence-corrected chi connectivity index (χ3v) is 3.90. The van der Waals surface area contributed by atoms with Crippen molar-refractivity contribution in [2.75, 3.05) is 12.4 Å². The van der Waals surface area contributed by atoms with Gasteiger partial charge in [-0.25, -0.2) is 0 Å².